The van der Waals surface area contributed by atoms with Crippen molar-refractivity contribution in [2.24, 2.45) is 4.99 Å². The number of hydrogen-bond donors (Lipinski definition) is 2. The van der Waals surface area contributed by atoms with Crippen LogP contribution in [0.15, 0.2) is 47.5 Å². The smallest absolute Gasteiger partial charge is 0.231 e. The summed E-state index contributed by atoms with van der Waals surface area (Å²) in [5, 5.41) is 7.61. The molecule has 2 aromatic rings. The van der Waals surface area contributed by atoms with Crippen LogP contribution in [0.5, 0.6) is 11.5 Å². The molecule has 4 rings (SSSR count). The van der Waals surface area contributed by atoms with Gasteiger partial charge in [-0.15, -0.1) is 0 Å². The lowest BCUT2D eigenvalue weighted by atomic mass is 9.74. The summed E-state index contributed by atoms with van der Waals surface area (Å²) in [6, 6.07) is 14.1. The number of rotatable bonds is 5. The van der Waals surface area contributed by atoms with E-state index in [2.05, 4.69) is 27.8 Å². The van der Waals surface area contributed by atoms with Crippen molar-refractivity contribution in [3.05, 3.63) is 58.6 Å². The maximum Gasteiger partial charge on any atom is 0.231 e. The Morgan fingerprint density at radius 3 is 2.69 bits per heavy atom. The zero-order chi connectivity index (χ0) is 20.1. The standard InChI is InChI=1S/C22H26ClN3O3/c1-24-21(25-13-16-3-2-4-18(23)11-16)26-14-22(7-9-27-10-8-22)17-5-6-19-20(12-17)29-15-28-19/h2-6,11-12H,7-10,13-15H2,1H3,(H2,24,25,26). The summed E-state index contributed by atoms with van der Waals surface area (Å²) >= 11 is 6.08. The minimum atomic E-state index is -0.0487. The summed E-state index contributed by atoms with van der Waals surface area (Å²) in [6.07, 6.45) is 1.87. The molecule has 7 heteroatoms. The van der Waals surface area contributed by atoms with Gasteiger partial charge < -0.3 is 24.8 Å². The summed E-state index contributed by atoms with van der Waals surface area (Å²) in [4.78, 5) is 4.38. The van der Waals surface area contributed by atoms with Gasteiger partial charge in [-0.05, 0) is 48.2 Å². The predicted molar refractivity (Wildman–Crippen MR) is 114 cm³/mol. The van der Waals surface area contributed by atoms with Crippen LogP contribution >= 0.6 is 11.6 Å². The molecule has 0 saturated carbocycles. The van der Waals surface area contributed by atoms with Crippen LogP contribution in [0.25, 0.3) is 0 Å². The van der Waals surface area contributed by atoms with Crippen LogP contribution in [-0.4, -0.2) is 39.6 Å². The summed E-state index contributed by atoms with van der Waals surface area (Å²) in [5.74, 6) is 2.39. The Kier molecular flexibility index (Phi) is 6.11. The van der Waals surface area contributed by atoms with E-state index in [1.807, 2.05) is 30.3 Å². The van der Waals surface area contributed by atoms with Crippen LogP contribution in [0.1, 0.15) is 24.0 Å². The van der Waals surface area contributed by atoms with E-state index >= 15 is 0 Å². The second-order valence-corrected chi connectivity index (χ2v) is 7.81. The highest BCUT2D eigenvalue weighted by atomic mass is 35.5. The van der Waals surface area contributed by atoms with Crippen molar-refractivity contribution in [1.82, 2.24) is 10.6 Å². The highest BCUT2D eigenvalue weighted by Gasteiger charge is 2.35. The third-order valence-corrected chi connectivity index (χ3v) is 5.84. The van der Waals surface area contributed by atoms with Crippen molar-refractivity contribution >= 4 is 17.6 Å². The van der Waals surface area contributed by atoms with E-state index in [0.717, 1.165) is 60.6 Å². The van der Waals surface area contributed by atoms with E-state index < -0.39 is 0 Å². The second-order valence-electron chi connectivity index (χ2n) is 7.37. The van der Waals surface area contributed by atoms with Gasteiger partial charge in [0.1, 0.15) is 0 Å². The molecule has 0 bridgehead atoms. The van der Waals surface area contributed by atoms with Gasteiger partial charge in [0.05, 0.1) is 0 Å². The first-order valence-corrected chi connectivity index (χ1v) is 10.2. The average molecular weight is 416 g/mol. The predicted octanol–water partition coefficient (Wildman–Crippen LogP) is 3.48. The number of nitrogens with zero attached hydrogens (tertiary/aromatic N) is 1. The molecule has 0 unspecified atom stereocenters. The Balaban J connectivity index is 1.45. The SMILES string of the molecule is CN=C(NCc1cccc(Cl)c1)NCC1(c2ccc3c(c2)OCO3)CCOCC1. The average Bonchev–Trinajstić information content (AvgIpc) is 3.22. The molecular weight excluding hydrogens is 390 g/mol. The molecule has 0 radical (unpaired) electrons. The van der Waals surface area contributed by atoms with E-state index in [1.165, 1.54) is 5.56 Å². The van der Waals surface area contributed by atoms with Crippen LogP contribution in [0, 0.1) is 0 Å². The Morgan fingerprint density at radius 1 is 1.07 bits per heavy atom. The van der Waals surface area contributed by atoms with Crippen LogP contribution < -0.4 is 20.1 Å². The van der Waals surface area contributed by atoms with Gasteiger partial charge in [0.25, 0.3) is 0 Å². The fraction of sp³-hybridized carbons (Fsp3) is 0.409. The molecule has 0 amide bonds. The molecule has 6 nitrogen and oxygen atoms in total. The molecule has 0 atom stereocenters. The van der Waals surface area contributed by atoms with Gasteiger partial charge in [0.2, 0.25) is 6.79 Å². The van der Waals surface area contributed by atoms with Crippen molar-refractivity contribution in [3.63, 3.8) is 0 Å². The highest BCUT2D eigenvalue weighted by Crippen LogP contribution is 2.40. The van der Waals surface area contributed by atoms with E-state index in [9.17, 15) is 0 Å². The number of hydrogen-bond acceptors (Lipinski definition) is 4. The molecule has 0 aliphatic carbocycles. The molecule has 2 heterocycles. The molecule has 0 aromatic heterocycles. The first kappa shape index (κ1) is 19.9. The third kappa shape index (κ3) is 4.60. The van der Waals surface area contributed by atoms with Gasteiger partial charge in [0, 0.05) is 43.8 Å². The van der Waals surface area contributed by atoms with Gasteiger partial charge in [-0.3, -0.25) is 4.99 Å². The lowest BCUT2D eigenvalue weighted by Crippen LogP contribution is -2.47. The molecule has 154 valence electrons. The van der Waals surface area contributed by atoms with Crippen molar-refractivity contribution in [3.8, 4) is 11.5 Å². The molecular formula is C22H26ClN3O3. The van der Waals surface area contributed by atoms with Gasteiger partial charge in [0.15, 0.2) is 17.5 Å². The van der Waals surface area contributed by atoms with Crippen molar-refractivity contribution in [2.75, 3.05) is 33.6 Å². The second kappa shape index (κ2) is 8.93. The van der Waals surface area contributed by atoms with Crippen molar-refractivity contribution in [2.45, 2.75) is 24.8 Å². The Morgan fingerprint density at radius 2 is 1.90 bits per heavy atom. The third-order valence-electron chi connectivity index (χ3n) is 5.60. The van der Waals surface area contributed by atoms with Crippen LogP contribution in [0.4, 0.5) is 0 Å². The Labute approximate surface area is 176 Å². The van der Waals surface area contributed by atoms with Crippen molar-refractivity contribution in [1.29, 1.82) is 0 Å². The van der Waals surface area contributed by atoms with Gasteiger partial charge >= 0.3 is 0 Å². The van der Waals surface area contributed by atoms with Gasteiger partial charge in [-0.1, -0.05) is 29.8 Å². The summed E-state index contributed by atoms with van der Waals surface area (Å²) in [7, 11) is 1.78. The first-order valence-electron chi connectivity index (χ1n) is 9.85. The van der Waals surface area contributed by atoms with Crippen LogP contribution in [0.2, 0.25) is 5.02 Å². The van der Waals surface area contributed by atoms with Gasteiger partial charge in [-0.2, -0.15) is 0 Å². The highest BCUT2D eigenvalue weighted by molar-refractivity contribution is 6.30. The number of guanidine groups is 1. The van der Waals surface area contributed by atoms with E-state index in [-0.39, 0.29) is 12.2 Å². The van der Waals surface area contributed by atoms with E-state index in [4.69, 9.17) is 25.8 Å². The largest absolute Gasteiger partial charge is 0.454 e. The quantitative estimate of drug-likeness (QED) is 0.578. The minimum absolute atomic E-state index is 0.0487. The van der Waals surface area contributed by atoms with Crippen LogP contribution in [-0.2, 0) is 16.7 Å². The molecule has 1 saturated heterocycles. The summed E-state index contributed by atoms with van der Waals surface area (Å²) in [6.45, 7) is 3.17. The van der Waals surface area contributed by atoms with Crippen molar-refractivity contribution < 1.29 is 14.2 Å². The van der Waals surface area contributed by atoms with Crippen LogP contribution in [0.3, 0.4) is 0 Å². The number of aliphatic imine (C=N–C) groups is 1. The molecule has 2 aliphatic heterocycles. The molecule has 2 N–H and O–H groups in total. The molecule has 29 heavy (non-hydrogen) atoms. The first-order chi connectivity index (χ1) is 14.2. The monoisotopic (exact) mass is 415 g/mol. The minimum Gasteiger partial charge on any atom is -0.454 e. The molecule has 1 fully saturated rings. The number of halogens is 1. The molecule has 2 aliphatic rings. The zero-order valence-electron chi connectivity index (χ0n) is 16.5. The number of ether oxygens (including phenoxy) is 3. The normalized spacial score (nSPS) is 17.8. The number of fused-ring (bicyclic) bond motifs is 1. The topological polar surface area (TPSA) is 64.1 Å². The maximum absolute atomic E-state index is 6.08. The van der Waals surface area contributed by atoms with E-state index in [0.29, 0.717) is 6.54 Å². The van der Waals surface area contributed by atoms with Gasteiger partial charge in [-0.25, -0.2) is 0 Å². The Hall–Kier alpha value is -2.44. The fourth-order valence-corrected chi connectivity index (χ4v) is 4.08. The lowest BCUT2D eigenvalue weighted by Gasteiger charge is -2.38. The summed E-state index contributed by atoms with van der Waals surface area (Å²) < 4.78 is 16.7. The fourth-order valence-electron chi connectivity index (χ4n) is 3.86. The Bertz CT molecular complexity index is 881. The number of nitrogens with one attached hydrogen (secondary N) is 2. The molecule has 0 spiro atoms. The molecule has 2 aromatic carbocycles. The lowest BCUT2D eigenvalue weighted by molar-refractivity contribution is 0.0513. The summed E-state index contributed by atoms with van der Waals surface area (Å²) in [5.41, 5.74) is 2.30. The zero-order valence-corrected chi connectivity index (χ0v) is 17.3. The maximum atomic E-state index is 6.08. The number of benzene rings is 2. The van der Waals surface area contributed by atoms with E-state index in [1.54, 1.807) is 7.05 Å².